The van der Waals surface area contributed by atoms with E-state index < -0.39 is 12.2 Å². The van der Waals surface area contributed by atoms with Gasteiger partial charge >= 0.3 is 0 Å². The van der Waals surface area contributed by atoms with Crippen LogP contribution in [0.3, 0.4) is 0 Å². The van der Waals surface area contributed by atoms with Crippen LogP contribution in [0, 0.1) is 0 Å². The molecule has 3 N–H and O–H groups in total. The maximum absolute atomic E-state index is 10.5. The van der Waals surface area contributed by atoms with Crippen LogP contribution in [0.25, 0.3) is 22.3 Å². The van der Waals surface area contributed by atoms with E-state index in [0.717, 1.165) is 67.0 Å². The zero-order valence-electron chi connectivity index (χ0n) is 23.3. The monoisotopic (exact) mass is 552 g/mol. The lowest BCUT2D eigenvalue weighted by atomic mass is 10.0. The van der Waals surface area contributed by atoms with Crippen LogP contribution >= 0.6 is 0 Å². The summed E-state index contributed by atoms with van der Waals surface area (Å²) in [4.78, 5) is 26.0. The van der Waals surface area contributed by atoms with Gasteiger partial charge in [-0.1, -0.05) is 6.07 Å². The summed E-state index contributed by atoms with van der Waals surface area (Å²) in [6.45, 7) is 5.08. The Morgan fingerprint density at radius 1 is 0.878 bits per heavy atom. The summed E-state index contributed by atoms with van der Waals surface area (Å²) in [7, 11) is 2.17. The van der Waals surface area contributed by atoms with Crippen molar-refractivity contribution >= 4 is 33.9 Å². The maximum atomic E-state index is 10.5. The molecule has 2 aliphatic heterocycles. The lowest BCUT2D eigenvalue weighted by molar-refractivity contribution is 0.00792. The van der Waals surface area contributed by atoms with Crippen molar-refractivity contribution in [2.75, 3.05) is 61.4 Å². The predicted octanol–water partition coefficient (Wildman–Crippen LogP) is 3.39. The Balaban J connectivity index is 1.21. The first-order chi connectivity index (χ1) is 20.0. The van der Waals surface area contributed by atoms with Crippen molar-refractivity contribution in [1.29, 1.82) is 0 Å². The van der Waals surface area contributed by atoms with Crippen LogP contribution in [-0.2, 0) is 0 Å². The van der Waals surface area contributed by atoms with Crippen LogP contribution in [0.4, 0.5) is 23.0 Å². The van der Waals surface area contributed by atoms with Crippen molar-refractivity contribution in [3.05, 3.63) is 60.6 Å². The standard InChI is InChI=1S/C31H36N8O2/c1-37-11-13-38(14-12-37)23-4-2-3-22(16-23)34-28-15-21(7-9-33-28)30-35-25-18-32-17-24(20-5-6-20)29(25)31(36-30)39-10-8-26(40)27(41)19-39/h2-4,7,9,15-18,20,26-27,40-41H,5-6,8,10-14,19H2,1H3,(H,33,34)/t26-,27-/m1/s1. The van der Waals surface area contributed by atoms with Gasteiger partial charge in [-0.15, -0.1) is 0 Å². The summed E-state index contributed by atoms with van der Waals surface area (Å²) in [6.07, 6.45) is 6.74. The van der Waals surface area contributed by atoms with Crippen LogP contribution in [0.1, 0.15) is 30.7 Å². The molecule has 3 aliphatic rings. The van der Waals surface area contributed by atoms with Gasteiger partial charge in [0.1, 0.15) is 11.6 Å². The summed E-state index contributed by atoms with van der Waals surface area (Å²) < 4.78 is 0. The van der Waals surface area contributed by atoms with E-state index >= 15 is 0 Å². The van der Waals surface area contributed by atoms with Crippen molar-refractivity contribution in [2.24, 2.45) is 0 Å². The summed E-state index contributed by atoms with van der Waals surface area (Å²) >= 11 is 0. The van der Waals surface area contributed by atoms with Gasteiger partial charge in [-0.25, -0.2) is 15.0 Å². The molecule has 0 amide bonds. The Bertz CT molecular complexity index is 1550. The molecule has 0 spiro atoms. The van der Waals surface area contributed by atoms with Crippen LogP contribution in [-0.4, -0.2) is 93.6 Å². The van der Waals surface area contributed by atoms with Crippen molar-refractivity contribution in [2.45, 2.75) is 37.4 Å². The van der Waals surface area contributed by atoms with Crippen LogP contribution in [0.2, 0.25) is 0 Å². The number of piperazine rings is 1. The van der Waals surface area contributed by atoms with Gasteiger partial charge in [0.15, 0.2) is 5.82 Å². The Kier molecular flexibility index (Phi) is 6.90. The fourth-order valence-electron chi connectivity index (χ4n) is 5.89. The van der Waals surface area contributed by atoms with Gasteiger partial charge in [-0.05, 0) is 68.1 Å². The van der Waals surface area contributed by atoms with Gasteiger partial charge in [0.25, 0.3) is 0 Å². The minimum atomic E-state index is -0.818. The number of aliphatic hydroxyl groups excluding tert-OH is 2. The second-order valence-electron chi connectivity index (χ2n) is 11.5. The molecule has 3 aromatic heterocycles. The number of hydrogen-bond acceptors (Lipinski definition) is 10. The molecule has 0 bridgehead atoms. The minimum absolute atomic E-state index is 0.325. The van der Waals surface area contributed by atoms with E-state index in [1.165, 1.54) is 11.3 Å². The molecule has 1 saturated carbocycles. The molecule has 7 rings (SSSR count). The third-order valence-electron chi connectivity index (χ3n) is 8.49. The molecule has 0 radical (unpaired) electrons. The highest BCUT2D eigenvalue weighted by atomic mass is 16.3. The number of rotatable bonds is 6. The number of aliphatic hydroxyl groups is 2. The van der Waals surface area contributed by atoms with Crippen molar-refractivity contribution in [3.8, 4) is 11.4 Å². The second kappa shape index (κ2) is 10.8. The molecule has 1 aliphatic carbocycles. The summed E-state index contributed by atoms with van der Waals surface area (Å²) in [6, 6.07) is 12.4. The smallest absolute Gasteiger partial charge is 0.162 e. The highest BCUT2D eigenvalue weighted by Gasteiger charge is 2.32. The number of piperidine rings is 1. The number of hydrogen-bond donors (Lipinski definition) is 3. The molecular weight excluding hydrogens is 516 g/mol. The first kappa shape index (κ1) is 26.1. The Morgan fingerprint density at radius 2 is 1.73 bits per heavy atom. The molecule has 5 heterocycles. The van der Waals surface area contributed by atoms with E-state index in [-0.39, 0.29) is 0 Å². The van der Waals surface area contributed by atoms with Gasteiger partial charge in [0.05, 0.1) is 23.9 Å². The second-order valence-corrected chi connectivity index (χ2v) is 11.5. The van der Waals surface area contributed by atoms with Crippen LogP contribution in [0.5, 0.6) is 0 Å². The predicted molar refractivity (Wildman–Crippen MR) is 161 cm³/mol. The van der Waals surface area contributed by atoms with Gasteiger partial charge in [0.2, 0.25) is 0 Å². The minimum Gasteiger partial charge on any atom is -0.390 e. The quantitative estimate of drug-likeness (QED) is 0.329. The zero-order chi connectivity index (χ0) is 27.9. The molecule has 1 aromatic carbocycles. The fourth-order valence-corrected chi connectivity index (χ4v) is 5.89. The van der Waals surface area contributed by atoms with Gasteiger partial charge < -0.3 is 30.2 Å². The topological polar surface area (TPSA) is 114 Å². The number of fused-ring (bicyclic) bond motifs is 1. The molecule has 4 aromatic rings. The first-order valence-corrected chi connectivity index (χ1v) is 14.6. The zero-order valence-corrected chi connectivity index (χ0v) is 23.3. The Labute approximate surface area is 239 Å². The van der Waals surface area contributed by atoms with Gasteiger partial charge in [-0.2, -0.15) is 0 Å². The molecule has 41 heavy (non-hydrogen) atoms. The summed E-state index contributed by atoms with van der Waals surface area (Å²) in [5, 5.41) is 25.1. The number of benzene rings is 1. The molecule has 2 atom stereocenters. The Morgan fingerprint density at radius 3 is 2.54 bits per heavy atom. The van der Waals surface area contributed by atoms with Crippen molar-refractivity contribution < 1.29 is 10.2 Å². The molecule has 3 fully saturated rings. The SMILES string of the molecule is CN1CCN(c2cccc(Nc3cc(-c4nc(N5CC[C@@H](O)[C@H](O)C5)c5c(C6CC6)cncc5n4)ccn3)c2)CC1. The lowest BCUT2D eigenvalue weighted by Crippen LogP contribution is -2.47. The average Bonchev–Trinajstić information content (AvgIpc) is 3.84. The van der Waals surface area contributed by atoms with Crippen LogP contribution in [0.15, 0.2) is 55.0 Å². The number of likely N-dealkylation sites (N-methyl/N-ethyl adjacent to an activating group) is 1. The third-order valence-corrected chi connectivity index (χ3v) is 8.49. The summed E-state index contributed by atoms with van der Waals surface area (Å²) in [5.74, 6) is 2.56. The van der Waals surface area contributed by atoms with E-state index in [2.05, 4.69) is 61.3 Å². The van der Waals surface area contributed by atoms with E-state index in [4.69, 9.17) is 9.97 Å². The number of pyridine rings is 2. The lowest BCUT2D eigenvalue weighted by Gasteiger charge is -2.35. The average molecular weight is 553 g/mol. The summed E-state index contributed by atoms with van der Waals surface area (Å²) in [5.41, 5.74) is 4.98. The number of β-amino-alcohol motifs (C(OH)–C–C–N with tert-alkyl or cyclic N) is 1. The molecular formula is C31H36N8O2. The fraction of sp³-hybridized carbons (Fsp3) is 0.419. The molecule has 2 saturated heterocycles. The number of aromatic nitrogens is 4. The highest BCUT2D eigenvalue weighted by molar-refractivity contribution is 5.94. The van der Waals surface area contributed by atoms with Gasteiger partial charge in [-0.3, -0.25) is 4.98 Å². The van der Waals surface area contributed by atoms with Crippen LogP contribution < -0.4 is 15.1 Å². The normalized spacial score (nSPS) is 21.8. The van der Waals surface area contributed by atoms with E-state index in [0.29, 0.717) is 37.1 Å². The van der Waals surface area contributed by atoms with E-state index in [1.54, 1.807) is 12.4 Å². The molecule has 10 nitrogen and oxygen atoms in total. The Hall–Kier alpha value is -3.86. The molecule has 10 heteroatoms. The van der Waals surface area contributed by atoms with Gasteiger partial charge in [0, 0.05) is 74.0 Å². The van der Waals surface area contributed by atoms with E-state index in [9.17, 15) is 10.2 Å². The van der Waals surface area contributed by atoms with E-state index in [1.807, 2.05) is 18.3 Å². The van der Waals surface area contributed by atoms with Crippen molar-refractivity contribution in [3.63, 3.8) is 0 Å². The maximum Gasteiger partial charge on any atom is 0.162 e. The number of anilines is 4. The number of nitrogens with one attached hydrogen (secondary N) is 1. The molecule has 212 valence electrons. The largest absolute Gasteiger partial charge is 0.390 e. The third kappa shape index (κ3) is 5.42. The first-order valence-electron chi connectivity index (χ1n) is 14.6. The highest BCUT2D eigenvalue weighted by Crippen LogP contribution is 2.45. The number of nitrogens with zero attached hydrogens (tertiary/aromatic N) is 7. The molecule has 0 unspecified atom stereocenters. The van der Waals surface area contributed by atoms with Crippen molar-refractivity contribution in [1.82, 2.24) is 24.8 Å².